The van der Waals surface area contributed by atoms with Crippen molar-refractivity contribution in [3.8, 4) is 0 Å². The number of rotatable bonds is 2. The quantitative estimate of drug-likeness (QED) is 0.664. The second-order valence-electron chi connectivity index (χ2n) is 7.37. The first-order chi connectivity index (χ1) is 12.0. The van der Waals surface area contributed by atoms with Crippen molar-refractivity contribution in [3.05, 3.63) is 23.8 Å². The van der Waals surface area contributed by atoms with Crippen LogP contribution in [0.25, 0.3) is 0 Å². The Hall–Kier alpha value is -1.51. The lowest BCUT2D eigenvalue weighted by atomic mass is 9.91. The molecule has 1 aromatic carbocycles. The molecule has 1 heterocycles. The van der Waals surface area contributed by atoms with Crippen LogP contribution < -0.4 is 10.6 Å². The maximum Gasteiger partial charge on any atom is 0.227 e. The standard InChI is InChI=1S/C12H16N2O.C7H14.C3H8/c1-3-8-6-9-4-5-10(13-2)7-11(9)14-12(8)15;1-7-5-3-2-4-6-7;1-3-2/h4-5,7-8,13H,3,6H2,1-2H3,(H,14,15);7H,2-6H2,1H3;3H2,1-2H3. The molecule has 3 heteroatoms. The van der Waals surface area contributed by atoms with Crippen molar-refractivity contribution in [1.29, 1.82) is 0 Å². The summed E-state index contributed by atoms with van der Waals surface area (Å²) in [6.45, 7) is 8.66. The summed E-state index contributed by atoms with van der Waals surface area (Å²) >= 11 is 0. The molecule has 1 unspecified atom stereocenters. The fourth-order valence-electron chi connectivity index (χ4n) is 3.26. The minimum atomic E-state index is 0.137. The van der Waals surface area contributed by atoms with Crippen LogP contribution in [0.4, 0.5) is 11.4 Å². The molecule has 1 fully saturated rings. The first-order valence-corrected chi connectivity index (χ1v) is 10.2. The average Bonchev–Trinajstić information content (AvgIpc) is 2.62. The topological polar surface area (TPSA) is 41.1 Å². The normalized spacial score (nSPS) is 19.4. The number of anilines is 2. The fourth-order valence-corrected chi connectivity index (χ4v) is 3.26. The SMILES string of the molecule is CC1CCCCC1.CCC.CCC1Cc2ccc(NC)cc2NC1=O. The van der Waals surface area contributed by atoms with Crippen LogP contribution in [-0.4, -0.2) is 13.0 Å². The highest BCUT2D eigenvalue weighted by molar-refractivity contribution is 5.96. The van der Waals surface area contributed by atoms with Gasteiger partial charge in [0.1, 0.15) is 0 Å². The second-order valence-corrected chi connectivity index (χ2v) is 7.37. The smallest absolute Gasteiger partial charge is 0.227 e. The number of benzene rings is 1. The van der Waals surface area contributed by atoms with Gasteiger partial charge in [-0.05, 0) is 36.5 Å². The summed E-state index contributed by atoms with van der Waals surface area (Å²) in [5.74, 6) is 1.32. The summed E-state index contributed by atoms with van der Waals surface area (Å²) < 4.78 is 0. The molecule has 25 heavy (non-hydrogen) atoms. The minimum Gasteiger partial charge on any atom is -0.388 e. The monoisotopic (exact) mass is 346 g/mol. The Kier molecular flexibility index (Phi) is 10.3. The molecule has 2 aliphatic rings. The summed E-state index contributed by atoms with van der Waals surface area (Å²) in [6, 6.07) is 6.12. The molecule has 1 aromatic rings. The van der Waals surface area contributed by atoms with Gasteiger partial charge < -0.3 is 10.6 Å². The van der Waals surface area contributed by atoms with Crippen LogP contribution >= 0.6 is 0 Å². The predicted molar refractivity (Wildman–Crippen MR) is 110 cm³/mol. The molecule has 1 atom stereocenters. The third kappa shape index (κ3) is 7.50. The van der Waals surface area contributed by atoms with Gasteiger partial charge in [-0.1, -0.05) is 72.3 Å². The van der Waals surface area contributed by atoms with E-state index in [1.165, 1.54) is 44.1 Å². The Labute approximate surface area is 155 Å². The lowest BCUT2D eigenvalue weighted by Crippen LogP contribution is -2.29. The van der Waals surface area contributed by atoms with Crippen molar-refractivity contribution in [2.75, 3.05) is 17.7 Å². The molecule has 0 spiro atoms. The van der Waals surface area contributed by atoms with E-state index < -0.39 is 0 Å². The van der Waals surface area contributed by atoms with Crippen molar-refractivity contribution in [2.24, 2.45) is 11.8 Å². The molecular weight excluding hydrogens is 308 g/mol. The summed E-state index contributed by atoms with van der Waals surface area (Å²) in [4.78, 5) is 11.7. The Bertz CT molecular complexity index is 507. The number of carbonyl (C=O) groups is 1. The maximum absolute atomic E-state index is 11.7. The number of hydrogen-bond acceptors (Lipinski definition) is 2. The molecule has 0 radical (unpaired) electrons. The lowest BCUT2D eigenvalue weighted by molar-refractivity contribution is -0.120. The van der Waals surface area contributed by atoms with E-state index in [0.29, 0.717) is 0 Å². The van der Waals surface area contributed by atoms with Gasteiger partial charge in [0.25, 0.3) is 0 Å². The van der Waals surface area contributed by atoms with Crippen LogP contribution in [0, 0.1) is 11.8 Å². The van der Waals surface area contributed by atoms with Crippen LogP contribution in [0.5, 0.6) is 0 Å². The maximum atomic E-state index is 11.7. The molecule has 0 bridgehead atoms. The summed E-state index contributed by atoms with van der Waals surface area (Å²) in [6.07, 6.45) is 10.5. The van der Waals surface area contributed by atoms with Gasteiger partial charge >= 0.3 is 0 Å². The molecule has 142 valence electrons. The Morgan fingerprint density at radius 3 is 2.24 bits per heavy atom. The van der Waals surface area contributed by atoms with E-state index in [4.69, 9.17) is 0 Å². The first kappa shape index (κ1) is 21.5. The zero-order valence-electron chi connectivity index (χ0n) is 17.0. The summed E-state index contributed by atoms with van der Waals surface area (Å²) in [5.41, 5.74) is 3.22. The van der Waals surface area contributed by atoms with E-state index >= 15 is 0 Å². The molecule has 2 N–H and O–H groups in total. The molecule has 1 aliphatic heterocycles. The Balaban J connectivity index is 0.000000260. The van der Waals surface area contributed by atoms with Gasteiger partial charge in [-0.3, -0.25) is 4.79 Å². The molecule has 0 aromatic heterocycles. The van der Waals surface area contributed by atoms with Crippen LogP contribution in [-0.2, 0) is 11.2 Å². The van der Waals surface area contributed by atoms with E-state index in [1.807, 2.05) is 19.2 Å². The molecule has 1 aliphatic carbocycles. The largest absolute Gasteiger partial charge is 0.388 e. The van der Waals surface area contributed by atoms with E-state index in [9.17, 15) is 4.79 Å². The number of fused-ring (bicyclic) bond motifs is 1. The van der Waals surface area contributed by atoms with Crippen molar-refractivity contribution in [1.82, 2.24) is 0 Å². The van der Waals surface area contributed by atoms with Crippen molar-refractivity contribution < 1.29 is 4.79 Å². The molecule has 0 saturated heterocycles. The molecule has 1 saturated carbocycles. The zero-order valence-corrected chi connectivity index (χ0v) is 17.0. The summed E-state index contributed by atoms with van der Waals surface area (Å²) in [7, 11) is 1.88. The minimum absolute atomic E-state index is 0.137. The third-order valence-corrected chi connectivity index (χ3v) is 4.88. The molecule has 1 amide bonds. The first-order valence-electron chi connectivity index (χ1n) is 10.2. The highest BCUT2D eigenvalue weighted by Crippen LogP contribution is 2.29. The van der Waals surface area contributed by atoms with Gasteiger partial charge in [-0.2, -0.15) is 0 Å². The Morgan fingerprint density at radius 2 is 1.76 bits per heavy atom. The van der Waals surface area contributed by atoms with Gasteiger partial charge in [0, 0.05) is 24.3 Å². The number of hydrogen-bond donors (Lipinski definition) is 2. The highest BCUT2D eigenvalue weighted by atomic mass is 16.1. The number of amides is 1. The highest BCUT2D eigenvalue weighted by Gasteiger charge is 2.24. The molecular formula is C22H38N2O. The van der Waals surface area contributed by atoms with Gasteiger partial charge in [-0.25, -0.2) is 0 Å². The van der Waals surface area contributed by atoms with Crippen LogP contribution in [0.1, 0.15) is 78.2 Å². The average molecular weight is 347 g/mol. The molecule has 3 nitrogen and oxygen atoms in total. The van der Waals surface area contributed by atoms with Crippen molar-refractivity contribution in [2.45, 2.75) is 79.1 Å². The molecule has 3 rings (SSSR count). The van der Waals surface area contributed by atoms with Crippen LogP contribution in [0.2, 0.25) is 0 Å². The third-order valence-electron chi connectivity index (χ3n) is 4.88. The van der Waals surface area contributed by atoms with Crippen LogP contribution in [0.3, 0.4) is 0 Å². The van der Waals surface area contributed by atoms with Crippen molar-refractivity contribution >= 4 is 17.3 Å². The predicted octanol–water partition coefficient (Wildman–Crippen LogP) is 6.25. The van der Waals surface area contributed by atoms with E-state index in [0.717, 1.165) is 30.1 Å². The van der Waals surface area contributed by atoms with E-state index in [-0.39, 0.29) is 11.8 Å². The lowest BCUT2D eigenvalue weighted by Gasteiger charge is -2.24. The fraction of sp³-hybridized carbons (Fsp3) is 0.682. The van der Waals surface area contributed by atoms with Gasteiger partial charge in [-0.15, -0.1) is 0 Å². The van der Waals surface area contributed by atoms with Gasteiger partial charge in [0.2, 0.25) is 5.91 Å². The van der Waals surface area contributed by atoms with E-state index in [2.05, 4.69) is 44.4 Å². The van der Waals surface area contributed by atoms with E-state index in [1.54, 1.807) is 0 Å². The Morgan fingerprint density at radius 1 is 1.12 bits per heavy atom. The van der Waals surface area contributed by atoms with Gasteiger partial charge in [0.05, 0.1) is 0 Å². The summed E-state index contributed by atoms with van der Waals surface area (Å²) in [5, 5.41) is 6.02. The van der Waals surface area contributed by atoms with Crippen molar-refractivity contribution in [3.63, 3.8) is 0 Å². The van der Waals surface area contributed by atoms with Gasteiger partial charge in [0.15, 0.2) is 0 Å². The number of nitrogens with one attached hydrogen (secondary N) is 2. The zero-order chi connectivity index (χ0) is 18.7. The number of carbonyl (C=O) groups excluding carboxylic acids is 1. The second kappa shape index (κ2) is 11.9. The van der Waals surface area contributed by atoms with Crippen LogP contribution in [0.15, 0.2) is 18.2 Å².